The fourth-order valence-corrected chi connectivity index (χ4v) is 2.62. The number of amides is 1. The van der Waals surface area contributed by atoms with E-state index in [9.17, 15) is 4.79 Å². The number of likely N-dealkylation sites (N-methyl/N-ethyl adjacent to an activating group) is 1. The second kappa shape index (κ2) is 5.63. The number of carbonyl (C=O) groups excluding carboxylic acids is 1. The lowest BCUT2D eigenvalue weighted by atomic mass is 10.2. The summed E-state index contributed by atoms with van der Waals surface area (Å²) in [5.74, 6) is 0.234. The van der Waals surface area contributed by atoms with Gasteiger partial charge in [-0.25, -0.2) is 0 Å². The van der Waals surface area contributed by atoms with Crippen molar-refractivity contribution in [2.75, 3.05) is 33.2 Å². The van der Waals surface area contributed by atoms with Crippen molar-refractivity contribution in [2.24, 2.45) is 0 Å². The number of rotatable bonds is 3. The highest BCUT2D eigenvalue weighted by atomic mass is 16.2. The van der Waals surface area contributed by atoms with Gasteiger partial charge in [-0.1, -0.05) is 18.2 Å². The zero-order valence-corrected chi connectivity index (χ0v) is 11.8. The first-order valence-corrected chi connectivity index (χ1v) is 7.11. The number of aromatic nitrogens is 2. The quantitative estimate of drug-likeness (QED) is 0.843. The summed E-state index contributed by atoms with van der Waals surface area (Å²) < 4.78 is 1.92. The van der Waals surface area contributed by atoms with E-state index in [4.69, 9.17) is 0 Å². The Bertz CT molecular complexity index is 599. The minimum absolute atomic E-state index is 0.234. The van der Waals surface area contributed by atoms with Gasteiger partial charge >= 0.3 is 0 Å². The Hall–Kier alpha value is -1.88. The minimum atomic E-state index is 0.234. The third kappa shape index (κ3) is 2.67. The average Bonchev–Trinajstić information content (AvgIpc) is 2.89. The van der Waals surface area contributed by atoms with Gasteiger partial charge < -0.3 is 9.80 Å². The lowest BCUT2D eigenvalue weighted by Crippen LogP contribution is -2.47. The maximum atomic E-state index is 12.2. The number of aryl methyl sites for hydroxylation is 1. The molecule has 1 aromatic carbocycles. The topological polar surface area (TPSA) is 41.4 Å². The highest BCUT2D eigenvalue weighted by Crippen LogP contribution is 2.13. The van der Waals surface area contributed by atoms with Crippen molar-refractivity contribution in [3.05, 3.63) is 30.5 Å². The number of nitrogens with zero attached hydrogens (tertiary/aromatic N) is 4. The van der Waals surface area contributed by atoms with Crippen molar-refractivity contribution in [1.82, 2.24) is 19.6 Å². The van der Waals surface area contributed by atoms with E-state index >= 15 is 0 Å². The lowest BCUT2D eigenvalue weighted by Gasteiger charge is -2.32. The summed E-state index contributed by atoms with van der Waals surface area (Å²) in [7, 11) is 2.09. The fourth-order valence-electron chi connectivity index (χ4n) is 2.62. The monoisotopic (exact) mass is 272 g/mol. The zero-order valence-electron chi connectivity index (χ0n) is 11.8. The predicted octanol–water partition coefficient (Wildman–Crippen LogP) is 1.20. The summed E-state index contributed by atoms with van der Waals surface area (Å²) in [4.78, 5) is 16.4. The van der Waals surface area contributed by atoms with Crippen LogP contribution in [0.1, 0.15) is 6.42 Å². The molecule has 1 fully saturated rings. The first kappa shape index (κ1) is 13.1. The third-order valence-corrected chi connectivity index (χ3v) is 3.94. The van der Waals surface area contributed by atoms with Crippen molar-refractivity contribution in [3.63, 3.8) is 0 Å². The number of piperazine rings is 1. The Morgan fingerprint density at radius 1 is 1.20 bits per heavy atom. The molecule has 0 N–H and O–H groups in total. The highest BCUT2D eigenvalue weighted by molar-refractivity contribution is 5.79. The van der Waals surface area contributed by atoms with Gasteiger partial charge in [0.1, 0.15) is 0 Å². The molecule has 3 rings (SSSR count). The van der Waals surface area contributed by atoms with Gasteiger partial charge in [0.2, 0.25) is 5.91 Å². The van der Waals surface area contributed by atoms with Crippen LogP contribution in [0.15, 0.2) is 30.5 Å². The summed E-state index contributed by atoms with van der Waals surface area (Å²) >= 11 is 0. The molecule has 1 saturated heterocycles. The molecule has 0 radical (unpaired) electrons. The average molecular weight is 272 g/mol. The van der Waals surface area contributed by atoms with Crippen molar-refractivity contribution in [1.29, 1.82) is 0 Å². The van der Waals surface area contributed by atoms with Gasteiger partial charge in [0.25, 0.3) is 0 Å². The predicted molar refractivity (Wildman–Crippen MR) is 78.4 cm³/mol. The lowest BCUT2D eigenvalue weighted by molar-refractivity contribution is -0.133. The van der Waals surface area contributed by atoms with Gasteiger partial charge in [-0.3, -0.25) is 9.48 Å². The van der Waals surface area contributed by atoms with Crippen LogP contribution in [0.3, 0.4) is 0 Å². The van der Waals surface area contributed by atoms with Crippen molar-refractivity contribution < 1.29 is 4.79 Å². The first-order chi connectivity index (χ1) is 9.74. The van der Waals surface area contributed by atoms with Crippen LogP contribution in [0.4, 0.5) is 0 Å². The number of hydrogen-bond acceptors (Lipinski definition) is 3. The molecule has 1 aliphatic heterocycles. The molecule has 0 saturated carbocycles. The summed E-state index contributed by atoms with van der Waals surface area (Å²) in [6, 6.07) is 8.09. The van der Waals surface area contributed by atoms with E-state index in [1.165, 1.54) is 0 Å². The number of para-hydroxylation sites is 1. The minimum Gasteiger partial charge on any atom is -0.340 e. The van der Waals surface area contributed by atoms with E-state index in [-0.39, 0.29) is 5.91 Å². The maximum Gasteiger partial charge on any atom is 0.224 e. The van der Waals surface area contributed by atoms with E-state index in [0.29, 0.717) is 13.0 Å². The van der Waals surface area contributed by atoms with Crippen LogP contribution in [0, 0.1) is 0 Å². The van der Waals surface area contributed by atoms with Gasteiger partial charge in [-0.15, -0.1) is 0 Å². The fraction of sp³-hybridized carbons (Fsp3) is 0.467. The normalized spacial score (nSPS) is 16.8. The van der Waals surface area contributed by atoms with Crippen LogP contribution in [-0.2, 0) is 11.3 Å². The van der Waals surface area contributed by atoms with E-state index in [0.717, 1.165) is 37.1 Å². The van der Waals surface area contributed by atoms with Gasteiger partial charge in [0.05, 0.1) is 18.3 Å². The molecule has 2 aromatic rings. The molecule has 5 nitrogen and oxygen atoms in total. The second-order valence-electron chi connectivity index (χ2n) is 5.36. The molecule has 1 aromatic heterocycles. The molecule has 2 heterocycles. The van der Waals surface area contributed by atoms with Crippen LogP contribution in [0.2, 0.25) is 0 Å². The SMILES string of the molecule is CN1CCN(C(=O)CCn2ncc3ccccc32)CC1. The van der Waals surface area contributed by atoms with Gasteiger partial charge in [-0.2, -0.15) is 5.10 Å². The molecular weight excluding hydrogens is 252 g/mol. The van der Waals surface area contributed by atoms with Crippen LogP contribution in [-0.4, -0.2) is 58.7 Å². The largest absolute Gasteiger partial charge is 0.340 e. The van der Waals surface area contributed by atoms with Gasteiger partial charge in [-0.05, 0) is 13.1 Å². The molecule has 20 heavy (non-hydrogen) atoms. The van der Waals surface area contributed by atoms with Crippen LogP contribution in [0.5, 0.6) is 0 Å². The standard InChI is InChI=1S/C15H20N4O/c1-17-8-10-18(11-9-17)15(20)6-7-19-14-5-3-2-4-13(14)12-16-19/h2-5,12H,6-11H2,1H3. The van der Waals surface area contributed by atoms with Crippen molar-refractivity contribution >= 4 is 16.8 Å². The molecule has 1 aliphatic rings. The van der Waals surface area contributed by atoms with Gasteiger partial charge in [0, 0.05) is 38.0 Å². The van der Waals surface area contributed by atoms with Crippen LogP contribution in [0.25, 0.3) is 10.9 Å². The molecule has 5 heteroatoms. The molecule has 0 bridgehead atoms. The summed E-state index contributed by atoms with van der Waals surface area (Å²) in [6.45, 7) is 4.27. The Labute approximate surface area is 118 Å². The highest BCUT2D eigenvalue weighted by Gasteiger charge is 2.18. The third-order valence-electron chi connectivity index (χ3n) is 3.94. The maximum absolute atomic E-state index is 12.2. The van der Waals surface area contributed by atoms with Crippen LogP contribution < -0.4 is 0 Å². The Morgan fingerprint density at radius 2 is 1.95 bits per heavy atom. The van der Waals surface area contributed by atoms with E-state index < -0.39 is 0 Å². The Morgan fingerprint density at radius 3 is 2.75 bits per heavy atom. The van der Waals surface area contributed by atoms with Crippen molar-refractivity contribution in [3.8, 4) is 0 Å². The number of hydrogen-bond donors (Lipinski definition) is 0. The molecule has 0 unspecified atom stereocenters. The second-order valence-corrected chi connectivity index (χ2v) is 5.36. The smallest absolute Gasteiger partial charge is 0.224 e. The van der Waals surface area contributed by atoms with E-state index in [1.807, 2.05) is 40.0 Å². The summed E-state index contributed by atoms with van der Waals surface area (Å²) in [5.41, 5.74) is 1.10. The van der Waals surface area contributed by atoms with Crippen molar-refractivity contribution in [2.45, 2.75) is 13.0 Å². The summed E-state index contributed by atoms with van der Waals surface area (Å²) in [6.07, 6.45) is 2.38. The number of carbonyl (C=O) groups is 1. The van der Waals surface area contributed by atoms with Gasteiger partial charge in [0.15, 0.2) is 0 Å². The zero-order chi connectivity index (χ0) is 13.9. The number of fused-ring (bicyclic) bond motifs is 1. The first-order valence-electron chi connectivity index (χ1n) is 7.11. The molecular formula is C15H20N4O. The Balaban J connectivity index is 1.60. The molecule has 0 aliphatic carbocycles. The Kier molecular flexibility index (Phi) is 3.69. The van der Waals surface area contributed by atoms with E-state index in [2.05, 4.69) is 17.0 Å². The number of benzene rings is 1. The molecule has 0 atom stereocenters. The summed E-state index contributed by atoms with van der Waals surface area (Å²) in [5, 5.41) is 5.49. The van der Waals surface area contributed by atoms with Crippen LogP contribution >= 0.6 is 0 Å². The molecule has 0 spiro atoms. The van der Waals surface area contributed by atoms with E-state index in [1.54, 1.807) is 0 Å². The molecule has 1 amide bonds. The molecule has 106 valence electrons.